The van der Waals surface area contributed by atoms with Crippen molar-refractivity contribution >= 4 is 11.8 Å². The summed E-state index contributed by atoms with van der Waals surface area (Å²) in [4.78, 5) is 38.9. The molecule has 1 N–H and O–H groups in total. The summed E-state index contributed by atoms with van der Waals surface area (Å²) in [5.74, 6) is -0.301. The molecule has 0 bridgehead atoms. The van der Waals surface area contributed by atoms with Crippen LogP contribution in [0.5, 0.6) is 5.75 Å². The maximum atomic E-state index is 13.3. The van der Waals surface area contributed by atoms with Gasteiger partial charge in [0.2, 0.25) is 0 Å². The van der Waals surface area contributed by atoms with Crippen molar-refractivity contribution in [3.05, 3.63) is 116 Å². The standard InChI is InChI=1S/C27H27N3O5/c1-5-15-34-26(32)21-17(2)28-24-23(25(31)30(4)27(33)29(24)3)22(21)19-11-13-20(14-12-19)35-16-18-9-7-6-8-10-18/h5-14,22,28H,1,15-16H2,2-4H3. The molecule has 180 valence electrons. The molecule has 1 aliphatic heterocycles. The Hall–Kier alpha value is -4.33. The normalized spacial score (nSPS) is 14.7. The van der Waals surface area contributed by atoms with Crippen LogP contribution in [0.4, 0.5) is 5.82 Å². The predicted octanol–water partition coefficient (Wildman–Crippen LogP) is 3.22. The van der Waals surface area contributed by atoms with Gasteiger partial charge in [-0.05, 0) is 30.2 Å². The molecule has 8 nitrogen and oxygen atoms in total. The number of hydrogen-bond donors (Lipinski definition) is 1. The molecule has 0 saturated carbocycles. The summed E-state index contributed by atoms with van der Waals surface area (Å²) in [5, 5.41) is 3.07. The van der Waals surface area contributed by atoms with Crippen LogP contribution in [0.15, 0.2) is 88.1 Å². The molecule has 4 rings (SSSR count). The van der Waals surface area contributed by atoms with Crippen molar-refractivity contribution in [2.75, 3.05) is 11.9 Å². The highest BCUT2D eigenvalue weighted by atomic mass is 16.5. The van der Waals surface area contributed by atoms with Crippen LogP contribution in [0.1, 0.15) is 29.5 Å². The largest absolute Gasteiger partial charge is 0.489 e. The number of rotatable bonds is 7. The average molecular weight is 474 g/mol. The molecule has 1 aliphatic rings. The van der Waals surface area contributed by atoms with Gasteiger partial charge in [0.25, 0.3) is 5.56 Å². The molecule has 0 fully saturated rings. The minimum Gasteiger partial charge on any atom is -0.489 e. The van der Waals surface area contributed by atoms with Gasteiger partial charge in [-0.3, -0.25) is 13.9 Å². The smallest absolute Gasteiger partial charge is 0.337 e. The van der Waals surface area contributed by atoms with E-state index in [4.69, 9.17) is 9.47 Å². The van der Waals surface area contributed by atoms with E-state index in [0.717, 1.165) is 10.1 Å². The number of aromatic nitrogens is 2. The van der Waals surface area contributed by atoms with Gasteiger partial charge in [0.1, 0.15) is 24.8 Å². The van der Waals surface area contributed by atoms with Crippen molar-refractivity contribution < 1.29 is 14.3 Å². The van der Waals surface area contributed by atoms with Crippen molar-refractivity contribution in [3.8, 4) is 5.75 Å². The Morgan fingerprint density at radius 1 is 1.06 bits per heavy atom. The van der Waals surface area contributed by atoms with E-state index >= 15 is 0 Å². The molecule has 1 unspecified atom stereocenters. The molecule has 0 spiro atoms. The molecular formula is C27H27N3O5. The lowest BCUT2D eigenvalue weighted by Crippen LogP contribution is -2.43. The molecule has 1 atom stereocenters. The van der Waals surface area contributed by atoms with Crippen LogP contribution in [0.25, 0.3) is 0 Å². The second-order valence-corrected chi connectivity index (χ2v) is 8.30. The van der Waals surface area contributed by atoms with Crippen LogP contribution in [0.2, 0.25) is 0 Å². The zero-order valence-corrected chi connectivity index (χ0v) is 19.9. The Balaban J connectivity index is 1.78. The van der Waals surface area contributed by atoms with E-state index in [2.05, 4.69) is 11.9 Å². The maximum absolute atomic E-state index is 13.3. The molecule has 8 heteroatoms. The van der Waals surface area contributed by atoms with E-state index in [0.29, 0.717) is 40.6 Å². The molecular weight excluding hydrogens is 446 g/mol. The molecule has 3 aromatic rings. The number of benzene rings is 2. The van der Waals surface area contributed by atoms with Gasteiger partial charge in [-0.1, -0.05) is 55.1 Å². The van der Waals surface area contributed by atoms with E-state index in [1.807, 2.05) is 42.5 Å². The van der Waals surface area contributed by atoms with Crippen molar-refractivity contribution in [2.45, 2.75) is 19.4 Å². The van der Waals surface area contributed by atoms with Crippen LogP contribution >= 0.6 is 0 Å². The van der Waals surface area contributed by atoms with Gasteiger partial charge >= 0.3 is 11.7 Å². The maximum Gasteiger partial charge on any atom is 0.337 e. The van der Waals surface area contributed by atoms with Gasteiger partial charge in [-0.15, -0.1) is 0 Å². The summed E-state index contributed by atoms with van der Waals surface area (Å²) in [5.41, 5.74) is 1.89. The van der Waals surface area contributed by atoms with Gasteiger partial charge in [0.15, 0.2) is 0 Å². The molecule has 0 radical (unpaired) electrons. The quantitative estimate of drug-likeness (QED) is 0.419. The van der Waals surface area contributed by atoms with Gasteiger partial charge in [0, 0.05) is 19.8 Å². The Morgan fingerprint density at radius 3 is 2.40 bits per heavy atom. The van der Waals surface area contributed by atoms with Crippen molar-refractivity contribution in [1.29, 1.82) is 0 Å². The Bertz CT molecular complexity index is 1420. The van der Waals surface area contributed by atoms with Crippen LogP contribution < -0.4 is 21.3 Å². The van der Waals surface area contributed by atoms with Gasteiger partial charge in [-0.25, -0.2) is 9.59 Å². The SMILES string of the molecule is C=CCOC(=O)C1=C(C)Nc2c(c(=O)n(C)c(=O)n2C)C1c1ccc(OCc2ccccc2)cc1. The fraction of sp³-hybridized carbons (Fsp3) is 0.222. The third-order valence-electron chi connectivity index (χ3n) is 6.00. The number of hydrogen-bond acceptors (Lipinski definition) is 6. The first-order chi connectivity index (χ1) is 16.8. The predicted molar refractivity (Wildman–Crippen MR) is 133 cm³/mol. The van der Waals surface area contributed by atoms with Crippen LogP contribution in [0, 0.1) is 0 Å². The highest BCUT2D eigenvalue weighted by Crippen LogP contribution is 2.40. The average Bonchev–Trinajstić information content (AvgIpc) is 2.88. The number of fused-ring (bicyclic) bond motifs is 1. The van der Waals surface area contributed by atoms with Gasteiger partial charge in [-0.2, -0.15) is 0 Å². The van der Waals surface area contributed by atoms with E-state index in [1.165, 1.54) is 17.7 Å². The van der Waals surface area contributed by atoms with E-state index in [9.17, 15) is 14.4 Å². The summed E-state index contributed by atoms with van der Waals surface area (Å²) in [6, 6.07) is 17.0. The van der Waals surface area contributed by atoms with Crippen molar-refractivity contribution in [2.24, 2.45) is 14.1 Å². The zero-order valence-electron chi connectivity index (χ0n) is 19.9. The molecule has 2 heterocycles. The third kappa shape index (κ3) is 4.55. The lowest BCUT2D eigenvalue weighted by molar-refractivity contribution is -0.138. The van der Waals surface area contributed by atoms with Gasteiger partial charge in [0.05, 0.1) is 17.1 Å². The number of carbonyl (C=O) groups is 1. The Morgan fingerprint density at radius 2 is 1.74 bits per heavy atom. The van der Waals surface area contributed by atoms with Crippen LogP contribution in [-0.2, 0) is 30.2 Å². The highest BCUT2D eigenvalue weighted by Gasteiger charge is 2.37. The topological polar surface area (TPSA) is 91.6 Å². The highest BCUT2D eigenvalue weighted by molar-refractivity contribution is 5.94. The number of esters is 1. The summed E-state index contributed by atoms with van der Waals surface area (Å²) < 4.78 is 13.6. The van der Waals surface area contributed by atoms with Crippen molar-refractivity contribution in [3.63, 3.8) is 0 Å². The lowest BCUT2D eigenvalue weighted by atomic mass is 9.82. The first-order valence-corrected chi connectivity index (χ1v) is 11.2. The number of ether oxygens (including phenoxy) is 2. The third-order valence-corrected chi connectivity index (χ3v) is 6.00. The molecule has 0 aliphatic carbocycles. The minimum atomic E-state index is -0.739. The number of carbonyl (C=O) groups excluding carboxylic acids is 1. The first kappa shape index (κ1) is 23.8. The Labute approximate surface area is 202 Å². The molecule has 0 amide bonds. The van der Waals surface area contributed by atoms with Gasteiger partial charge < -0.3 is 14.8 Å². The molecule has 35 heavy (non-hydrogen) atoms. The molecule has 0 saturated heterocycles. The fourth-order valence-corrected chi connectivity index (χ4v) is 4.20. The number of allylic oxidation sites excluding steroid dienone is 1. The Kier molecular flexibility index (Phi) is 6.73. The van der Waals surface area contributed by atoms with Crippen LogP contribution in [0.3, 0.4) is 0 Å². The summed E-state index contributed by atoms with van der Waals surface area (Å²) in [6.07, 6.45) is 1.48. The number of anilines is 1. The number of nitrogens with zero attached hydrogens (tertiary/aromatic N) is 2. The van der Waals surface area contributed by atoms with Crippen LogP contribution in [-0.4, -0.2) is 21.7 Å². The van der Waals surface area contributed by atoms with E-state index < -0.39 is 23.1 Å². The molecule has 1 aromatic heterocycles. The summed E-state index contributed by atoms with van der Waals surface area (Å²) in [6.45, 7) is 5.76. The molecule has 2 aromatic carbocycles. The summed E-state index contributed by atoms with van der Waals surface area (Å²) >= 11 is 0. The second-order valence-electron chi connectivity index (χ2n) is 8.30. The zero-order chi connectivity index (χ0) is 25.1. The lowest BCUT2D eigenvalue weighted by Gasteiger charge is -2.30. The fourth-order valence-electron chi connectivity index (χ4n) is 4.20. The van der Waals surface area contributed by atoms with E-state index in [-0.39, 0.29) is 6.61 Å². The van der Waals surface area contributed by atoms with Crippen molar-refractivity contribution in [1.82, 2.24) is 9.13 Å². The monoisotopic (exact) mass is 473 g/mol. The minimum absolute atomic E-state index is 0.0345. The number of nitrogens with one attached hydrogen (secondary N) is 1. The van der Waals surface area contributed by atoms with E-state index in [1.54, 1.807) is 26.1 Å². The second kappa shape index (κ2) is 9.89. The first-order valence-electron chi connectivity index (χ1n) is 11.2. The summed E-state index contributed by atoms with van der Waals surface area (Å²) in [7, 11) is 3.00.